The van der Waals surface area contributed by atoms with Crippen LogP contribution in [0.5, 0.6) is 0 Å². The third kappa shape index (κ3) is 3.15. The van der Waals surface area contributed by atoms with Crippen molar-refractivity contribution in [1.29, 1.82) is 0 Å². The first-order valence-electron chi connectivity index (χ1n) is 7.53. The van der Waals surface area contributed by atoms with Gasteiger partial charge in [-0.2, -0.15) is 5.10 Å². The second-order valence-corrected chi connectivity index (χ2v) is 6.39. The van der Waals surface area contributed by atoms with E-state index in [0.29, 0.717) is 6.54 Å². The molecular formula is C18H18BrN3O. The summed E-state index contributed by atoms with van der Waals surface area (Å²) in [5.74, 6) is -0.0472. The zero-order valence-electron chi connectivity index (χ0n) is 13.1. The molecule has 0 unspecified atom stereocenters. The summed E-state index contributed by atoms with van der Waals surface area (Å²) in [5, 5.41) is 8.59. The quantitative estimate of drug-likeness (QED) is 0.753. The average molecular weight is 372 g/mol. The lowest BCUT2D eigenvalue weighted by Crippen LogP contribution is -2.31. The molecule has 2 aromatic carbocycles. The van der Waals surface area contributed by atoms with E-state index >= 15 is 0 Å². The molecule has 23 heavy (non-hydrogen) atoms. The minimum Gasteiger partial charge on any atom is -0.350 e. The number of amides is 1. The van der Waals surface area contributed by atoms with Crippen molar-refractivity contribution in [3.05, 3.63) is 64.3 Å². The Bertz CT molecular complexity index is 856. The van der Waals surface area contributed by atoms with Gasteiger partial charge in [-0.3, -0.25) is 9.48 Å². The third-order valence-corrected chi connectivity index (χ3v) is 4.73. The van der Waals surface area contributed by atoms with Crippen molar-refractivity contribution in [1.82, 2.24) is 15.1 Å². The van der Waals surface area contributed by atoms with Crippen molar-refractivity contribution in [2.45, 2.75) is 26.4 Å². The molecule has 5 heteroatoms. The molecule has 0 aliphatic carbocycles. The van der Waals surface area contributed by atoms with Gasteiger partial charge in [0, 0.05) is 16.4 Å². The lowest BCUT2D eigenvalue weighted by molar-refractivity contribution is -0.124. The van der Waals surface area contributed by atoms with Gasteiger partial charge in [0.1, 0.15) is 6.04 Å². The first-order valence-corrected chi connectivity index (χ1v) is 8.32. The molecular weight excluding hydrogens is 354 g/mol. The first kappa shape index (κ1) is 15.7. The number of nitrogens with zero attached hydrogens (tertiary/aromatic N) is 2. The lowest BCUT2D eigenvalue weighted by atomic mass is 10.2. The van der Waals surface area contributed by atoms with E-state index in [2.05, 4.69) is 26.3 Å². The monoisotopic (exact) mass is 371 g/mol. The molecule has 118 valence electrons. The number of halogens is 1. The fourth-order valence-corrected chi connectivity index (χ4v) is 3.05. The van der Waals surface area contributed by atoms with E-state index in [-0.39, 0.29) is 11.9 Å². The molecule has 1 heterocycles. The zero-order valence-corrected chi connectivity index (χ0v) is 14.7. The maximum absolute atomic E-state index is 12.5. The van der Waals surface area contributed by atoms with Crippen LogP contribution in [0.2, 0.25) is 0 Å². The Kier molecular flexibility index (Phi) is 4.48. The van der Waals surface area contributed by atoms with Gasteiger partial charge in [0.2, 0.25) is 5.91 Å². The molecule has 0 spiro atoms. The Labute approximate surface area is 143 Å². The van der Waals surface area contributed by atoms with Gasteiger partial charge >= 0.3 is 0 Å². The highest BCUT2D eigenvalue weighted by atomic mass is 79.9. The normalized spacial score (nSPS) is 12.3. The average Bonchev–Trinajstić information content (AvgIpc) is 2.90. The largest absolute Gasteiger partial charge is 0.350 e. The molecule has 1 amide bonds. The number of benzene rings is 2. The van der Waals surface area contributed by atoms with E-state index in [1.807, 2.05) is 62.4 Å². The molecule has 0 bridgehead atoms. The van der Waals surface area contributed by atoms with Crippen molar-refractivity contribution in [2.75, 3.05) is 0 Å². The number of aryl methyl sites for hydroxylation is 1. The van der Waals surface area contributed by atoms with E-state index in [4.69, 9.17) is 0 Å². The number of para-hydroxylation sites is 1. The number of carbonyl (C=O) groups is 1. The highest BCUT2D eigenvalue weighted by Crippen LogP contribution is 2.21. The molecule has 3 rings (SSSR count). The smallest absolute Gasteiger partial charge is 0.244 e. The van der Waals surface area contributed by atoms with Gasteiger partial charge in [-0.05, 0) is 31.5 Å². The number of carbonyl (C=O) groups excluding carboxylic acids is 1. The van der Waals surface area contributed by atoms with Gasteiger partial charge in [-0.15, -0.1) is 0 Å². The summed E-state index contributed by atoms with van der Waals surface area (Å²) in [4.78, 5) is 12.5. The molecule has 1 aromatic heterocycles. The number of nitrogens with one attached hydrogen (secondary N) is 1. The molecule has 0 saturated carbocycles. The molecule has 4 nitrogen and oxygen atoms in total. The Balaban J connectivity index is 1.78. The van der Waals surface area contributed by atoms with Crippen molar-refractivity contribution in [3.8, 4) is 0 Å². The predicted octanol–water partition coefficient (Wildman–Crippen LogP) is 3.98. The lowest BCUT2D eigenvalue weighted by Gasteiger charge is -2.14. The van der Waals surface area contributed by atoms with Crippen LogP contribution in [0, 0.1) is 6.92 Å². The summed E-state index contributed by atoms with van der Waals surface area (Å²) in [6.45, 7) is 4.32. The molecule has 0 aliphatic rings. The van der Waals surface area contributed by atoms with Crippen LogP contribution in [0.1, 0.15) is 24.2 Å². The van der Waals surface area contributed by atoms with E-state index < -0.39 is 0 Å². The van der Waals surface area contributed by atoms with Crippen LogP contribution in [0.3, 0.4) is 0 Å². The van der Waals surface area contributed by atoms with E-state index in [1.54, 1.807) is 4.68 Å². The number of hydrogen-bond acceptors (Lipinski definition) is 2. The summed E-state index contributed by atoms with van der Waals surface area (Å²) in [7, 11) is 0. The molecule has 3 aromatic rings. The number of rotatable bonds is 4. The van der Waals surface area contributed by atoms with E-state index in [9.17, 15) is 4.79 Å². The van der Waals surface area contributed by atoms with Crippen molar-refractivity contribution in [2.24, 2.45) is 0 Å². The SMILES string of the molecule is Cc1nn([C@H](C)C(=O)NCc2ccccc2Br)c2ccccc12. The maximum Gasteiger partial charge on any atom is 0.244 e. The van der Waals surface area contributed by atoms with Gasteiger partial charge in [0.25, 0.3) is 0 Å². The minimum atomic E-state index is -0.365. The Morgan fingerprint density at radius 1 is 1.22 bits per heavy atom. The fraction of sp³-hybridized carbons (Fsp3) is 0.222. The van der Waals surface area contributed by atoms with Crippen LogP contribution < -0.4 is 5.32 Å². The van der Waals surface area contributed by atoms with Gasteiger partial charge in [-0.1, -0.05) is 52.3 Å². The van der Waals surface area contributed by atoms with Crippen molar-refractivity contribution < 1.29 is 4.79 Å². The van der Waals surface area contributed by atoms with Crippen LogP contribution in [0.15, 0.2) is 53.0 Å². The molecule has 1 atom stereocenters. The summed E-state index contributed by atoms with van der Waals surface area (Å²) in [6, 6.07) is 15.5. The second kappa shape index (κ2) is 6.54. The number of aromatic nitrogens is 2. The summed E-state index contributed by atoms with van der Waals surface area (Å²) in [6.07, 6.45) is 0. The molecule has 0 aliphatic heterocycles. The third-order valence-electron chi connectivity index (χ3n) is 3.96. The van der Waals surface area contributed by atoms with Gasteiger partial charge < -0.3 is 5.32 Å². The number of fused-ring (bicyclic) bond motifs is 1. The fourth-order valence-electron chi connectivity index (χ4n) is 2.63. The summed E-state index contributed by atoms with van der Waals surface area (Å²) < 4.78 is 2.79. The topological polar surface area (TPSA) is 46.9 Å². The van der Waals surface area contributed by atoms with Gasteiger partial charge in [0.05, 0.1) is 11.2 Å². The van der Waals surface area contributed by atoms with Crippen molar-refractivity contribution >= 4 is 32.7 Å². The van der Waals surface area contributed by atoms with Crippen LogP contribution in [-0.2, 0) is 11.3 Å². The highest BCUT2D eigenvalue weighted by Gasteiger charge is 2.19. The molecule has 0 saturated heterocycles. The maximum atomic E-state index is 12.5. The van der Waals surface area contributed by atoms with Crippen LogP contribution in [0.4, 0.5) is 0 Å². The molecule has 1 N–H and O–H groups in total. The van der Waals surface area contributed by atoms with Crippen LogP contribution in [-0.4, -0.2) is 15.7 Å². The standard InChI is InChI=1S/C18H18BrN3O/c1-12-15-8-4-6-10-17(15)22(21-12)13(2)18(23)20-11-14-7-3-5-9-16(14)19/h3-10,13H,11H2,1-2H3,(H,20,23)/t13-/m1/s1. The number of hydrogen-bond donors (Lipinski definition) is 1. The Morgan fingerprint density at radius 2 is 1.91 bits per heavy atom. The molecule has 0 fully saturated rings. The highest BCUT2D eigenvalue weighted by molar-refractivity contribution is 9.10. The Morgan fingerprint density at radius 3 is 2.70 bits per heavy atom. The molecule has 0 radical (unpaired) electrons. The zero-order chi connectivity index (χ0) is 16.4. The first-order chi connectivity index (χ1) is 11.1. The summed E-state index contributed by atoms with van der Waals surface area (Å²) in [5.41, 5.74) is 2.97. The van der Waals surface area contributed by atoms with Crippen LogP contribution in [0.25, 0.3) is 10.9 Å². The second-order valence-electron chi connectivity index (χ2n) is 5.53. The van der Waals surface area contributed by atoms with Crippen LogP contribution >= 0.6 is 15.9 Å². The van der Waals surface area contributed by atoms with Crippen molar-refractivity contribution in [3.63, 3.8) is 0 Å². The Hall–Kier alpha value is -2.14. The van der Waals surface area contributed by atoms with Gasteiger partial charge in [-0.25, -0.2) is 0 Å². The predicted molar refractivity (Wildman–Crippen MR) is 95.2 cm³/mol. The van der Waals surface area contributed by atoms with Gasteiger partial charge in [0.15, 0.2) is 0 Å². The minimum absolute atomic E-state index is 0.0472. The summed E-state index contributed by atoms with van der Waals surface area (Å²) >= 11 is 3.50. The van der Waals surface area contributed by atoms with E-state index in [1.165, 1.54) is 0 Å². The van der Waals surface area contributed by atoms with E-state index in [0.717, 1.165) is 26.6 Å².